The molecule has 1 fully saturated rings. The minimum Gasteiger partial charge on any atom is -0.392 e. The zero-order valence-electron chi connectivity index (χ0n) is 12.9. The van der Waals surface area contributed by atoms with E-state index in [0.29, 0.717) is 12.0 Å². The summed E-state index contributed by atoms with van der Waals surface area (Å²) in [6.45, 7) is 0.292. The molecule has 1 aromatic heterocycles. The molecule has 1 saturated heterocycles. The molecule has 25 heavy (non-hydrogen) atoms. The molecule has 3 rings (SSSR count). The molecule has 2 heterocycles. The number of sulfonamides is 1. The summed E-state index contributed by atoms with van der Waals surface area (Å²) in [7, 11) is -3.76. The van der Waals surface area contributed by atoms with Crippen LogP contribution in [-0.4, -0.2) is 42.0 Å². The highest BCUT2D eigenvalue weighted by Gasteiger charge is 2.32. The van der Waals surface area contributed by atoms with Crippen LogP contribution in [-0.2, 0) is 10.0 Å². The van der Waals surface area contributed by atoms with Gasteiger partial charge in [-0.1, -0.05) is 11.6 Å². The quantitative estimate of drug-likeness (QED) is 0.879. The molecule has 1 aliphatic heterocycles. The molecule has 1 N–H and O–H groups in total. The first-order valence-corrected chi connectivity index (χ1v) is 9.19. The first-order chi connectivity index (χ1) is 11.8. The van der Waals surface area contributed by atoms with E-state index in [9.17, 15) is 17.9 Å². The molecule has 0 spiro atoms. The van der Waals surface area contributed by atoms with Gasteiger partial charge in [0.15, 0.2) is 11.5 Å². The molecular formula is C16H13ClFN3O3S. The highest BCUT2D eigenvalue weighted by molar-refractivity contribution is 7.89. The fourth-order valence-electron chi connectivity index (χ4n) is 2.61. The highest BCUT2D eigenvalue weighted by atomic mass is 35.5. The molecule has 0 amide bonds. The Labute approximate surface area is 149 Å². The molecule has 1 aromatic carbocycles. The maximum Gasteiger partial charge on any atom is 0.243 e. The lowest BCUT2D eigenvalue weighted by Gasteiger charge is -2.16. The lowest BCUT2D eigenvalue weighted by molar-refractivity contribution is 0.189. The summed E-state index contributed by atoms with van der Waals surface area (Å²) >= 11 is 6.19. The van der Waals surface area contributed by atoms with Crippen molar-refractivity contribution in [1.29, 1.82) is 5.26 Å². The van der Waals surface area contributed by atoms with Crippen molar-refractivity contribution in [1.82, 2.24) is 9.29 Å². The van der Waals surface area contributed by atoms with Gasteiger partial charge in [-0.15, -0.1) is 0 Å². The average molecular weight is 382 g/mol. The Morgan fingerprint density at radius 2 is 2.12 bits per heavy atom. The Morgan fingerprint density at radius 3 is 2.72 bits per heavy atom. The van der Waals surface area contributed by atoms with Crippen LogP contribution >= 0.6 is 11.6 Å². The number of pyridine rings is 1. The number of benzene rings is 1. The lowest BCUT2D eigenvalue weighted by atomic mass is 10.1. The van der Waals surface area contributed by atoms with Crippen LogP contribution in [0, 0.1) is 17.1 Å². The van der Waals surface area contributed by atoms with Gasteiger partial charge in [-0.2, -0.15) is 9.57 Å². The number of nitrogens with zero attached hydrogens (tertiary/aromatic N) is 3. The Hall–Kier alpha value is -2.05. The molecule has 9 heteroatoms. The maximum atomic E-state index is 13.4. The van der Waals surface area contributed by atoms with E-state index in [1.165, 1.54) is 28.6 Å². The lowest BCUT2D eigenvalue weighted by Crippen LogP contribution is -2.29. The smallest absolute Gasteiger partial charge is 0.243 e. The maximum absolute atomic E-state index is 13.4. The van der Waals surface area contributed by atoms with Crippen LogP contribution in [0.5, 0.6) is 0 Å². The molecule has 0 aliphatic carbocycles. The van der Waals surface area contributed by atoms with E-state index in [-0.39, 0.29) is 34.4 Å². The number of aromatic nitrogens is 1. The van der Waals surface area contributed by atoms with Crippen molar-refractivity contribution in [3.05, 3.63) is 46.9 Å². The van der Waals surface area contributed by atoms with Gasteiger partial charge < -0.3 is 5.11 Å². The molecule has 6 nitrogen and oxygen atoms in total. The van der Waals surface area contributed by atoms with Crippen LogP contribution in [0.3, 0.4) is 0 Å². The summed E-state index contributed by atoms with van der Waals surface area (Å²) in [4.78, 5) is 3.89. The zero-order valence-corrected chi connectivity index (χ0v) is 14.4. The van der Waals surface area contributed by atoms with Crippen molar-refractivity contribution in [2.45, 2.75) is 17.4 Å². The molecule has 1 unspecified atom stereocenters. The summed E-state index contributed by atoms with van der Waals surface area (Å²) in [6, 6.07) is 8.23. The molecule has 0 radical (unpaired) electrons. The van der Waals surface area contributed by atoms with Gasteiger partial charge in [0.2, 0.25) is 10.0 Å². The predicted octanol–water partition coefficient (Wildman–Crippen LogP) is 2.17. The third kappa shape index (κ3) is 3.37. The van der Waals surface area contributed by atoms with Gasteiger partial charge >= 0.3 is 0 Å². The van der Waals surface area contributed by atoms with Gasteiger partial charge in [-0.25, -0.2) is 17.8 Å². The monoisotopic (exact) mass is 381 g/mol. The number of nitriles is 1. The van der Waals surface area contributed by atoms with Crippen molar-refractivity contribution in [3.8, 4) is 17.3 Å². The first kappa shape index (κ1) is 17.8. The fourth-order valence-corrected chi connectivity index (χ4v) is 4.47. The van der Waals surface area contributed by atoms with E-state index in [1.54, 1.807) is 6.07 Å². The Bertz CT molecular complexity index is 975. The number of hydrogen-bond donors (Lipinski definition) is 1. The van der Waals surface area contributed by atoms with Crippen LogP contribution in [0.15, 0.2) is 35.2 Å². The van der Waals surface area contributed by atoms with Crippen LogP contribution < -0.4 is 0 Å². The second-order valence-corrected chi connectivity index (χ2v) is 7.93. The van der Waals surface area contributed by atoms with Crippen molar-refractivity contribution < 1.29 is 17.9 Å². The van der Waals surface area contributed by atoms with E-state index < -0.39 is 21.9 Å². The van der Waals surface area contributed by atoms with E-state index >= 15 is 0 Å². The molecule has 1 aliphatic rings. The van der Waals surface area contributed by atoms with Crippen LogP contribution in [0.25, 0.3) is 11.3 Å². The average Bonchev–Trinajstić information content (AvgIpc) is 3.03. The largest absolute Gasteiger partial charge is 0.392 e. The van der Waals surface area contributed by atoms with Crippen molar-refractivity contribution >= 4 is 21.6 Å². The van der Waals surface area contributed by atoms with E-state index in [2.05, 4.69) is 4.98 Å². The normalized spacial score (nSPS) is 18.2. The predicted molar refractivity (Wildman–Crippen MR) is 88.7 cm³/mol. The van der Waals surface area contributed by atoms with Crippen molar-refractivity contribution in [3.63, 3.8) is 0 Å². The number of halogens is 2. The third-order valence-corrected chi connectivity index (χ3v) is 6.11. The number of rotatable bonds is 3. The Kier molecular flexibility index (Phi) is 4.75. The highest BCUT2D eigenvalue weighted by Crippen LogP contribution is 2.31. The number of aliphatic hydroxyl groups is 1. The molecule has 0 bridgehead atoms. The second kappa shape index (κ2) is 6.69. The second-order valence-electron chi connectivity index (χ2n) is 5.59. The number of hydrogen-bond acceptors (Lipinski definition) is 5. The Balaban J connectivity index is 1.98. The summed E-state index contributed by atoms with van der Waals surface area (Å²) in [5.41, 5.74) is 0.290. The SMILES string of the molecule is N#Cc1nc(-c2ccc(S(=O)(=O)N3CCC(O)C3)cc2Cl)ccc1F. The van der Waals surface area contributed by atoms with Gasteiger partial charge in [-0.3, -0.25) is 0 Å². The summed E-state index contributed by atoms with van der Waals surface area (Å²) in [5, 5.41) is 18.5. The molecule has 2 aromatic rings. The van der Waals surface area contributed by atoms with Gasteiger partial charge in [0.25, 0.3) is 0 Å². The molecule has 130 valence electrons. The fraction of sp³-hybridized carbons (Fsp3) is 0.250. The van der Waals surface area contributed by atoms with Crippen LogP contribution in [0.1, 0.15) is 12.1 Å². The minimum absolute atomic E-state index is 0.00188. The van der Waals surface area contributed by atoms with E-state index in [1.807, 2.05) is 0 Å². The molecule has 0 saturated carbocycles. The zero-order chi connectivity index (χ0) is 18.2. The number of aliphatic hydroxyl groups excluding tert-OH is 1. The van der Waals surface area contributed by atoms with E-state index in [4.69, 9.17) is 16.9 Å². The van der Waals surface area contributed by atoms with Crippen LogP contribution in [0.2, 0.25) is 5.02 Å². The molecule has 1 atom stereocenters. The standard InChI is InChI=1S/C16H13ClFN3O3S/c17-13-7-11(25(23,24)21-6-5-10(22)9-21)1-2-12(13)15-4-3-14(18)16(8-19)20-15/h1-4,7,10,22H,5-6,9H2. The topological polar surface area (TPSA) is 94.3 Å². The van der Waals surface area contributed by atoms with E-state index in [0.717, 1.165) is 6.07 Å². The number of β-amino-alcohol motifs (C(OH)–C–C–N with tert-alkyl or cyclic N) is 1. The summed E-state index contributed by atoms with van der Waals surface area (Å²) in [6.07, 6.45) is -0.279. The Morgan fingerprint density at radius 1 is 1.36 bits per heavy atom. The minimum atomic E-state index is -3.76. The first-order valence-electron chi connectivity index (χ1n) is 7.37. The van der Waals surface area contributed by atoms with Crippen LogP contribution in [0.4, 0.5) is 4.39 Å². The molecular weight excluding hydrogens is 369 g/mol. The van der Waals surface area contributed by atoms with Crippen molar-refractivity contribution in [2.24, 2.45) is 0 Å². The summed E-state index contributed by atoms with van der Waals surface area (Å²) < 4.78 is 39.7. The van der Waals surface area contributed by atoms with Gasteiger partial charge in [0.1, 0.15) is 6.07 Å². The van der Waals surface area contributed by atoms with Gasteiger partial charge in [0, 0.05) is 18.7 Å². The van der Waals surface area contributed by atoms with Gasteiger partial charge in [0.05, 0.1) is 21.7 Å². The third-order valence-electron chi connectivity index (χ3n) is 3.93. The van der Waals surface area contributed by atoms with Gasteiger partial charge in [-0.05, 0) is 36.8 Å². The van der Waals surface area contributed by atoms with Crippen molar-refractivity contribution in [2.75, 3.05) is 13.1 Å². The summed E-state index contributed by atoms with van der Waals surface area (Å²) in [5.74, 6) is -0.742.